The molecule has 262 valence electrons. The highest BCUT2D eigenvalue weighted by molar-refractivity contribution is 7.26. The third-order valence-corrected chi connectivity index (χ3v) is 12.9. The molecule has 0 atom stereocenters. The van der Waals surface area contributed by atoms with Gasteiger partial charge in [0.2, 0.25) is 0 Å². The van der Waals surface area contributed by atoms with Crippen LogP contribution in [0.25, 0.3) is 108 Å². The van der Waals surface area contributed by atoms with Crippen LogP contribution in [0.4, 0.5) is 0 Å². The zero-order valence-corrected chi connectivity index (χ0v) is 31.7. The first kappa shape index (κ1) is 32.6. The van der Waals surface area contributed by atoms with E-state index in [1.165, 1.54) is 62.6 Å². The summed E-state index contributed by atoms with van der Waals surface area (Å²) in [5.74, 6) is 1.96. The molecular weight excluding hydrogens is 719 g/mol. The number of aromatic nitrogens is 3. The minimum absolute atomic E-state index is 0.649. The molecule has 0 saturated heterocycles. The van der Waals surface area contributed by atoms with Gasteiger partial charge in [-0.25, -0.2) is 15.0 Å². The summed E-state index contributed by atoms with van der Waals surface area (Å²) >= 11 is 3.71. The Balaban J connectivity index is 1.08. The maximum atomic E-state index is 5.13. The molecule has 0 fully saturated rings. The van der Waals surface area contributed by atoms with Crippen LogP contribution in [0.3, 0.4) is 0 Å². The molecule has 11 rings (SSSR count). The number of benzene rings is 8. The highest BCUT2D eigenvalue weighted by Crippen LogP contribution is 2.48. The lowest BCUT2D eigenvalue weighted by Gasteiger charge is -2.11. The van der Waals surface area contributed by atoms with E-state index in [0.717, 1.165) is 27.8 Å². The van der Waals surface area contributed by atoms with E-state index < -0.39 is 0 Å². The lowest BCUT2D eigenvalue weighted by molar-refractivity contribution is 1.07. The fourth-order valence-electron chi connectivity index (χ4n) is 7.91. The predicted molar refractivity (Wildman–Crippen MR) is 238 cm³/mol. The largest absolute Gasteiger partial charge is 0.208 e. The van der Waals surface area contributed by atoms with E-state index in [9.17, 15) is 0 Å². The second kappa shape index (κ2) is 13.5. The van der Waals surface area contributed by atoms with Gasteiger partial charge in [0.15, 0.2) is 17.5 Å². The number of fused-ring (bicyclic) bond motifs is 6. The van der Waals surface area contributed by atoms with Crippen molar-refractivity contribution in [3.05, 3.63) is 188 Å². The molecule has 0 radical (unpaired) electrons. The van der Waals surface area contributed by atoms with Gasteiger partial charge >= 0.3 is 0 Å². The number of hydrogen-bond donors (Lipinski definition) is 0. The molecule has 0 amide bonds. The van der Waals surface area contributed by atoms with Crippen molar-refractivity contribution in [1.29, 1.82) is 0 Å². The van der Waals surface area contributed by atoms with Gasteiger partial charge in [-0.3, -0.25) is 0 Å². The number of nitrogens with zero attached hydrogens (tertiary/aromatic N) is 3. The van der Waals surface area contributed by atoms with Crippen LogP contribution in [0, 0.1) is 0 Å². The minimum Gasteiger partial charge on any atom is -0.208 e. The fourth-order valence-corrected chi connectivity index (χ4v) is 10.3. The Bertz CT molecular complexity index is 3240. The Labute approximate surface area is 331 Å². The van der Waals surface area contributed by atoms with Crippen LogP contribution in [0.1, 0.15) is 0 Å². The van der Waals surface area contributed by atoms with Gasteiger partial charge in [0.05, 0.1) is 0 Å². The Morgan fingerprint density at radius 2 is 0.821 bits per heavy atom. The van der Waals surface area contributed by atoms with Crippen LogP contribution in [0.2, 0.25) is 0 Å². The normalized spacial score (nSPS) is 11.6. The lowest BCUT2D eigenvalue weighted by Crippen LogP contribution is -2.00. The Morgan fingerprint density at radius 3 is 1.59 bits per heavy atom. The molecule has 0 unspecified atom stereocenters. The van der Waals surface area contributed by atoms with Gasteiger partial charge in [0, 0.05) is 57.0 Å². The molecule has 5 heteroatoms. The van der Waals surface area contributed by atoms with Gasteiger partial charge in [0.1, 0.15) is 0 Å². The summed E-state index contributed by atoms with van der Waals surface area (Å²) in [5, 5.41) is 5.13. The molecule has 0 aliphatic rings. The standard InChI is InChI=1S/C51H31N3S2/c1-4-14-32(15-5-1)35-20-12-21-36(30-35)50-52-49(34-18-8-3-9-19-34)53-51(54-50)37-26-27-42-45(31-37)55-44-25-13-23-39(46(42)44)40-29-28-38(33-16-6-2-7-17-33)48-47(40)41-22-10-11-24-43(41)56-48/h1-31H. The van der Waals surface area contributed by atoms with E-state index in [0.29, 0.717) is 17.5 Å². The predicted octanol–water partition coefficient (Wildman–Crippen LogP) is 14.6. The first-order chi connectivity index (χ1) is 27.7. The second-order valence-corrected chi connectivity index (χ2v) is 16.1. The van der Waals surface area contributed by atoms with Gasteiger partial charge in [0.25, 0.3) is 0 Å². The first-order valence-electron chi connectivity index (χ1n) is 18.7. The minimum atomic E-state index is 0.649. The van der Waals surface area contributed by atoms with Crippen LogP contribution in [0.5, 0.6) is 0 Å². The van der Waals surface area contributed by atoms with Crippen molar-refractivity contribution in [2.45, 2.75) is 0 Å². The van der Waals surface area contributed by atoms with Crippen LogP contribution >= 0.6 is 22.7 Å². The SMILES string of the molecule is c1ccc(-c2cccc(-c3nc(-c4ccccc4)nc(-c4ccc5c(c4)sc4cccc(-c6ccc(-c7ccccc7)c7sc8ccccc8c67)c45)n3)c2)cc1. The summed E-state index contributed by atoms with van der Waals surface area (Å²) in [6.45, 7) is 0. The third-order valence-electron chi connectivity index (χ3n) is 10.6. The van der Waals surface area contributed by atoms with Crippen molar-refractivity contribution in [2.24, 2.45) is 0 Å². The average Bonchev–Trinajstić information content (AvgIpc) is 3.86. The van der Waals surface area contributed by atoms with E-state index >= 15 is 0 Å². The Morgan fingerprint density at radius 1 is 0.286 bits per heavy atom. The lowest BCUT2D eigenvalue weighted by atomic mass is 9.92. The van der Waals surface area contributed by atoms with Crippen molar-refractivity contribution < 1.29 is 0 Å². The Hall–Kier alpha value is -6.79. The van der Waals surface area contributed by atoms with Gasteiger partial charge in [-0.05, 0) is 57.6 Å². The Kier molecular flexibility index (Phi) is 7.87. The number of thiophene rings is 2. The molecule has 8 aromatic carbocycles. The van der Waals surface area contributed by atoms with Crippen LogP contribution in [-0.4, -0.2) is 15.0 Å². The van der Waals surface area contributed by atoms with E-state index in [2.05, 4.69) is 164 Å². The van der Waals surface area contributed by atoms with Gasteiger partial charge in [-0.1, -0.05) is 164 Å². The highest BCUT2D eigenvalue weighted by Gasteiger charge is 2.20. The fraction of sp³-hybridized carbons (Fsp3) is 0. The summed E-state index contributed by atoms with van der Waals surface area (Å²) < 4.78 is 5.08. The van der Waals surface area contributed by atoms with Crippen molar-refractivity contribution in [3.63, 3.8) is 0 Å². The molecular formula is C51H31N3S2. The smallest absolute Gasteiger partial charge is 0.164 e. The molecule has 0 spiro atoms. The van der Waals surface area contributed by atoms with Gasteiger partial charge < -0.3 is 0 Å². The van der Waals surface area contributed by atoms with E-state index in [1.807, 2.05) is 46.9 Å². The first-order valence-corrected chi connectivity index (χ1v) is 20.3. The molecule has 0 N–H and O–H groups in total. The van der Waals surface area contributed by atoms with Gasteiger partial charge in [-0.2, -0.15) is 0 Å². The molecule has 0 saturated carbocycles. The van der Waals surface area contributed by atoms with E-state index in [1.54, 1.807) is 0 Å². The summed E-state index contributed by atoms with van der Waals surface area (Å²) in [6.07, 6.45) is 0. The number of hydrogen-bond acceptors (Lipinski definition) is 5. The average molecular weight is 750 g/mol. The zero-order chi connectivity index (χ0) is 37.0. The summed E-state index contributed by atoms with van der Waals surface area (Å²) in [7, 11) is 0. The molecule has 11 aromatic rings. The quantitative estimate of drug-likeness (QED) is 0.170. The molecule has 0 bridgehead atoms. The van der Waals surface area contributed by atoms with Crippen LogP contribution < -0.4 is 0 Å². The molecule has 56 heavy (non-hydrogen) atoms. The molecule has 3 aromatic heterocycles. The molecule has 3 heterocycles. The van der Waals surface area contributed by atoms with Crippen LogP contribution in [0.15, 0.2) is 188 Å². The van der Waals surface area contributed by atoms with Crippen molar-refractivity contribution in [3.8, 4) is 67.5 Å². The third kappa shape index (κ3) is 5.60. The summed E-state index contributed by atoms with van der Waals surface area (Å²) in [6, 6.07) is 66.7. The maximum absolute atomic E-state index is 5.13. The molecule has 3 nitrogen and oxygen atoms in total. The monoisotopic (exact) mass is 749 g/mol. The number of rotatable bonds is 6. The van der Waals surface area contributed by atoms with Gasteiger partial charge in [-0.15, -0.1) is 22.7 Å². The van der Waals surface area contributed by atoms with Crippen molar-refractivity contribution in [2.75, 3.05) is 0 Å². The maximum Gasteiger partial charge on any atom is 0.164 e. The zero-order valence-electron chi connectivity index (χ0n) is 30.1. The van der Waals surface area contributed by atoms with Crippen molar-refractivity contribution >= 4 is 63.0 Å². The van der Waals surface area contributed by atoms with E-state index in [4.69, 9.17) is 15.0 Å². The van der Waals surface area contributed by atoms with Crippen molar-refractivity contribution in [1.82, 2.24) is 15.0 Å². The molecule has 0 aliphatic heterocycles. The van der Waals surface area contributed by atoms with Crippen LogP contribution in [-0.2, 0) is 0 Å². The highest BCUT2D eigenvalue weighted by atomic mass is 32.1. The summed E-state index contributed by atoms with van der Waals surface area (Å²) in [4.78, 5) is 15.2. The molecule has 0 aliphatic carbocycles. The second-order valence-electron chi connectivity index (χ2n) is 13.9. The summed E-state index contributed by atoms with van der Waals surface area (Å²) in [5.41, 5.74) is 10.2. The van der Waals surface area contributed by atoms with E-state index in [-0.39, 0.29) is 0 Å². The topological polar surface area (TPSA) is 38.7 Å².